The van der Waals surface area contributed by atoms with Gasteiger partial charge in [0.15, 0.2) is 0 Å². The van der Waals surface area contributed by atoms with E-state index < -0.39 is 16.1 Å². The number of halogens is 1. The molecule has 2 N–H and O–H groups in total. The summed E-state index contributed by atoms with van der Waals surface area (Å²) in [6.45, 7) is 13.4. The smallest absolute Gasteiger partial charge is 0.129 e. The Hall–Kier alpha value is -1.32. The molecule has 0 unspecified atom stereocenters. The molecule has 1 aromatic rings. The molecular weight excluding hydrogens is 281 g/mol. The summed E-state index contributed by atoms with van der Waals surface area (Å²) < 4.78 is 13.4. The average molecular weight is 306 g/mol. The van der Waals surface area contributed by atoms with Gasteiger partial charge in [0.25, 0.3) is 0 Å². The minimum Gasteiger partial charge on any atom is -0.398 e. The molecule has 0 amide bonds. The lowest BCUT2D eigenvalue weighted by molar-refractivity contribution is 0.628. The molecule has 0 saturated carbocycles. The number of allylic oxidation sites excluding steroid dienone is 1. The van der Waals surface area contributed by atoms with Gasteiger partial charge in [0, 0.05) is 11.3 Å². The quantitative estimate of drug-likeness (QED) is 0.484. The number of nitrogens with two attached hydrogens (primary N) is 1. The topological polar surface area (TPSA) is 26.0 Å². The monoisotopic (exact) mass is 305 g/mol. The van der Waals surface area contributed by atoms with Crippen molar-refractivity contribution in [1.29, 1.82) is 0 Å². The van der Waals surface area contributed by atoms with E-state index in [1.165, 1.54) is 12.1 Å². The first-order chi connectivity index (χ1) is 8.99. The van der Waals surface area contributed by atoms with Crippen molar-refractivity contribution in [3.8, 4) is 11.5 Å². The van der Waals surface area contributed by atoms with Gasteiger partial charge >= 0.3 is 0 Å². The lowest BCUT2D eigenvalue weighted by atomic mass is 10.1. The number of rotatable bonds is 2. The number of hydrogen-bond acceptors (Lipinski definition) is 1. The Morgan fingerprint density at radius 2 is 1.75 bits per heavy atom. The zero-order valence-electron chi connectivity index (χ0n) is 13.3. The lowest BCUT2D eigenvalue weighted by Crippen LogP contribution is -2.24. The van der Waals surface area contributed by atoms with E-state index in [1.54, 1.807) is 6.07 Å². The molecule has 0 atom stereocenters. The van der Waals surface area contributed by atoms with Crippen molar-refractivity contribution in [2.75, 3.05) is 5.73 Å². The fourth-order valence-electron chi connectivity index (χ4n) is 1.52. The van der Waals surface area contributed by atoms with Crippen LogP contribution in [0.2, 0.25) is 39.3 Å². The van der Waals surface area contributed by atoms with Gasteiger partial charge in [-0.05, 0) is 29.5 Å². The Morgan fingerprint density at radius 3 is 2.25 bits per heavy atom. The Bertz CT molecular complexity index is 581. The predicted octanol–water partition coefficient (Wildman–Crippen LogP) is 4.55. The molecule has 4 heteroatoms. The Kier molecular flexibility index (Phi) is 5.01. The molecule has 0 saturated heterocycles. The summed E-state index contributed by atoms with van der Waals surface area (Å²) >= 11 is 0. The predicted molar refractivity (Wildman–Crippen MR) is 93.3 cm³/mol. The second-order valence-electron chi connectivity index (χ2n) is 7.08. The molecule has 20 heavy (non-hydrogen) atoms. The van der Waals surface area contributed by atoms with E-state index in [2.05, 4.69) is 50.7 Å². The largest absolute Gasteiger partial charge is 0.398 e. The number of hydrogen-bond donors (Lipinski definition) is 1. The van der Waals surface area contributed by atoms with Gasteiger partial charge in [0.05, 0.1) is 8.07 Å². The van der Waals surface area contributed by atoms with Crippen molar-refractivity contribution >= 4 is 27.9 Å². The van der Waals surface area contributed by atoms with Crippen LogP contribution in [0.25, 0.3) is 6.08 Å². The molecule has 0 aromatic heterocycles. The van der Waals surface area contributed by atoms with E-state index in [9.17, 15) is 4.39 Å². The third-order valence-corrected chi connectivity index (χ3v) is 5.49. The molecule has 1 nitrogen and oxygen atoms in total. The first-order valence-corrected chi connectivity index (χ1v) is 13.8. The molecule has 0 aliphatic carbocycles. The molecule has 1 aromatic carbocycles. The Labute approximate surface area is 124 Å². The highest BCUT2D eigenvalue weighted by molar-refractivity contribution is 6.86. The van der Waals surface area contributed by atoms with Crippen molar-refractivity contribution in [2.24, 2.45) is 0 Å². The zero-order valence-corrected chi connectivity index (χ0v) is 15.3. The fourth-order valence-corrected chi connectivity index (χ4v) is 3.18. The van der Waals surface area contributed by atoms with E-state index in [1.807, 2.05) is 6.08 Å². The van der Waals surface area contributed by atoms with Crippen LogP contribution in [0.3, 0.4) is 0 Å². The van der Waals surface area contributed by atoms with E-state index in [0.29, 0.717) is 5.69 Å². The van der Waals surface area contributed by atoms with Crippen LogP contribution in [0, 0.1) is 17.3 Å². The summed E-state index contributed by atoms with van der Waals surface area (Å²) in [5.74, 6) is 3.09. The molecule has 0 spiro atoms. The Morgan fingerprint density at radius 1 is 1.15 bits per heavy atom. The van der Waals surface area contributed by atoms with Gasteiger partial charge in [-0.2, -0.15) is 0 Å². The molecule has 1 rings (SSSR count). The summed E-state index contributed by atoms with van der Waals surface area (Å²) in [4.78, 5) is 0. The highest BCUT2D eigenvalue weighted by atomic mass is 28.3. The molecule has 0 bridgehead atoms. The van der Waals surface area contributed by atoms with Gasteiger partial charge in [-0.3, -0.25) is 0 Å². The van der Waals surface area contributed by atoms with Crippen LogP contribution in [-0.2, 0) is 0 Å². The van der Waals surface area contributed by atoms with Crippen molar-refractivity contribution in [3.05, 3.63) is 34.8 Å². The summed E-state index contributed by atoms with van der Waals surface area (Å²) in [6, 6.07) is 4.47. The van der Waals surface area contributed by atoms with Crippen molar-refractivity contribution in [1.82, 2.24) is 0 Å². The van der Waals surface area contributed by atoms with Crippen molar-refractivity contribution in [2.45, 2.75) is 39.3 Å². The second-order valence-corrected chi connectivity index (χ2v) is 16.9. The number of benzene rings is 1. The minimum atomic E-state index is -1.58. The first-order valence-electron chi connectivity index (χ1n) is 6.79. The summed E-state index contributed by atoms with van der Waals surface area (Å²) in [5, 5.41) is 1.12. The second kappa shape index (κ2) is 5.98. The van der Waals surface area contributed by atoms with Gasteiger partial charge < -0.3 is 5.73 Å². The van der Waals surface area contributed by atoms with Gasteiger partial charge in [-0.25, -0.2) is 4.39 Å². The minimum absolute atomic E-state index is 0.265. The molecule has 0 aliphatic heterocycles. The van der Waals surface area contributed by atoms with Crippen LogP contribution in [0.1, 0.15) is 5.56 Å². The molecular formula is C16H24FNSi2. The van der Waals surface area contributed by atoms with Gasteiger partial charge in [0.1, 0.15) is 13.9 Å². The van der Waals surface area contributed by atoms with E-state index in [4.69, 9.17) is 5.73 Å². The summed E-state index contributed by atoms with van der Waals surface area (Å²) in [5.41, 5.74) is 10.7. The maximum Gasteiger partial charge on any atom is 0.129 e. The summed E-state index contributed by atoms with van der Waals surface area (Å²) in [7, 11) is -3.00. The molecule has 108 valence electrons. The van der Waals surface area contributed by atoms with E-state index in [0.717, 1.165) is 10.8 Å². The lowest BCUT2D eigenvalue weighted by Gasteiger charge is -2.17. The Balaban J connectivity index is 3.34. The highest BCUT2D eigenvalue weighted by Gasteiger charge is 2.19. The highest BCUT2D eigenvalue weighted by Crippen LogP contribution is 2.22. The fraction of sp³-hybridized carbons (Fsp3) is 0.375. The molecule has 0 fully saturated rings. The first kappa shape index (κ1) is 16.7. The SMILES string of the molecule is C[Si](C)(C)C#C/C(=C\c1cc(F)ccc1N)[Si](C)(C)C. The van der Waals surface area contributed by atoms with Gasteiger partial charge in [0.2, 0.25) is 0 Å². The van der Waals surface area contributed by atoms with Crippen LogP contribution >= 0.6 is 0 Å². The van der Waals surface area contributed by atoms with E-state index >= 15 is 0 Å². The zero-order chi connectivity index (χ0) is 15.6. The molecule has 0 radical (unpaired) electrons. The van der Waals surface area contributed by atoms with Crippen LogP contribution in [0.4, 0.5) is 10.1 Å². The normalized spacial score (nSPS) is 12.8. The van der Waals surface area contributed by atoms with Crippen LogP contribution in [-0.4, -0.2) is 16.1 Å². The standard InChI is InChI=1S/C16H24FNSi2/c1-19(2,3)10-9-15(20(4,5)6)12-13-11-14(17)7-8-16(13)18/h7-8,11-12H,18H2,1-6H3/b15-12+. The third-order valence-electron chi connectivity index (χ3n) is 2.73. The maximum absolute atomic E-state index is 13.4. The third kappa shape index (κ3) is 5.35. The van der Waals surface area contributed by atoms with Crippen molar-refractivity contribution in [3.63, 3.8) is 0 Å². The van der Waals surface area contributed by atoms with E-state index in [-0.39, 0.29) is 5.82 Å². The van der Waals surface area contributed by atoms with Gasteiger partial charge in [-0.15, -0.1) is 5.54 Å². The number of anilines is 1. The molecule has 0 heterocycles. The summed E-state index contributed by atoms with van der Waals surface area (Å²) in [6.07, 6.45) is 1.97. The van der Waals surface area contributed by atoms with Crippen LogP contribution in [0.5, 0.6) is 0 Å². The maximum atomic E-state index is 13.4. The van der Waals surface area contributed by atoms with Crippen molar-refractivity contribution < 1.29 is 4.39 Å². The average Bonchev–Trinajstić information content (AvgIpc) is 2.25. The van der Waals surface area contributed by atoms with Gasteiger partial charge in [-0.1, -0.05) is 45.2 Å². The van der Waals surface area contributed by atoms with Crippen LogP contribution in [0.15, 0.2) is 23.4 Å². The van der Waals surface area contributed by atoms with Crippen LogP contribution < -0.4 is 5.73 Å². The molecule has 0 aliphatic rings. The number of nitrogen functional groups attached to an aromatic ring is 1.